The summed E-state index contributed by atoms with van der Waals surface area (Å²) in [4.78, 5) is 3.57. The van der Waals surface area contributed by atoms with E-state index >= 15 is 0 Å². The van der Waals surface area contributed by atoms with Crippen molar-refractivity contribution in [3.63, 3.8) is 0 Å². The van der Waals surface area contributed by atoms with Gasteiger partial charge in [-0.05, 0) is 24.3 Å². The van der Waals surface area contributed by atoms with Crippen LogP contribution in [0.4, 0.5) is 5.69 Å². The van der Waals surface area contributed by atoms with Crippen molar-refractivity contribution < 1.29 is 8.42 Å². The Bertz CT molecular complexity index is 801. The van der Waals surface area contributed by atoms with Gasteiger partial charge in [0, 0.05) is 11.2 Å². The number of aromatic nitrogens is 1. The van der Waals surface area contributed by atoms with E-state index in [9.17, 15) is 8.42 Å². The van der Waals surface area contributed by atoms with Gasteiger partial charge in [0.25, 0.3) is 10.0 Å². The molecule has 1 N–H and O–H groups in total. The zero-order valence-corrected chi connectivity index (χ0v) is 12.2. The smallest absolute Gasteiger partial charge is 0.263 e. The van der Waals surface area contributed by atoms with Crippen LogP contribution in [0.2, 0.25) is 10.0 Å². The Kier molecular flexibility index (Phi) is 4.14. The quantitative estimate of drug-likeness (QED) is 0.939. The summed E-state index contributed by atoms with van der Waals surface area (Å²) in [5, 5.41) is 9.38. The van der Waals surface area contributed by atoms with Crippen LogP contribution in [0.5, 0.6) is 0 Å². The van der Waals surface area contributed by atoms with Crippen molar-refractivity contribution >= 4 is 38.9 Å². The fourth-order valence-corrected chi connectivity index (χ4v) is 3.16. The van der Waals surface area contributed by atoms with Gasteiger partial charge >= 0.3 is 0 Å². The Morgan fingerprint density at radius 1 is 1.25 bits per heavy atom. The molecule has 0 saturated heterocycles. The van der Waals surface area contributed by atoms with E-state index in [-0.39, 0.29) is 26.2 Å². The van der Waals surface area contributed by atoms with Crippen molar-refractivity contribution in [1.29, 1.82) is 5.26 Å². The fraction of sp³-hybridized carbons (Fsp3) is 0. The van der Waals surface area contributed by atoms with Crippen molar-refractivity contribution in [2.24, 2.45) is 0 Å². The molecule has 0 amide bonds. The summed E-state index contributed by atoms with van der Waals surface area (Å²) >= 11 is 11.6. The maximum Gasteiger partial charge on any atom is 0.263 e. The van der Waals surface area contributed by atoms with Gasteiger partial charge in [-0.25, -0.2) is 8.42 Å². The third-order valence-electron chi connectivity index (χ3n) is 2.37. The minimum absolute atomic E-state index is 0.0121. The Balaban J connectivity index is 2.49. The average Bonchev–Trinajstić information content (AvgIpc) is 2.41. The van der Waals surface area contributed by atoms with Crippen molar-refractivity contribution in [3.8, 4) is 6.07 Å². The second-order valence-corrected chi connectivity index (χ2v) is 6.21. The van der Waals surface area contributed by atoms with E-state index in [2.05, 4.69) is 9.71 Å². The molecule has 0 unspecified atom stereocenters. The number of sulfonamides is 1. The predicted molar refractivity (Wildman–Crippen MR) is 76.2 cm³/mol. The molecule has 0 atom stereocenters. The van der Waals surface area contributed by atoms with Crippen LogP contribution in [0.25, 0.3) is 0 Å². The second-order valence-electron chi connectivity index (χ2n) is 3.71. The number of nitrogens with one attached hydrogen (secondary N) is 1. The third kappa shape index (κ3) is 3.02. The standard InChI is InChI=1S/C12H7Cl2N3O2S/c13-9-2-1-8(6-15)12(5-9)20(18,19)17-11-7-16-4-3-10(11)14/h1-5,7,17H. The Hall–Kier alpha value is -1.81. The third-order valence-corrected chi connectivity index (χ3v) is 4.34. The van der Waals surface area contributed by atoms with Crippen LogP contribution in [0.15, 0.2) is 41.6 Å². The number of halogens is 2. The summed E-state index contributed by atoms with van der Waals surface area (Å²) in [6, 6.07) is 7.23. The van der Waals surface area contributed by atoms with Crippen LogP contribution in [-0.4, -0.2) is 13.4 Å². The van der Waals surface area contributed by atoms with Gasteiger partial charge in [0.1, 0.15) is 11.0 Å². The molecule has 0 saturated carbocycles. The lowest BCUT2D eigenvalue weighted by molar-refractivity contribution is 0.601. The number of anilines is 1. The van der Waals surface area contributed by atoms with E-state index in [4.69, 9.17) is 28.5 Å². The molecular weight excluding hydrogens is 321 g/mol. The maximum atomic E-state index is 12.3. The largest absolute Gasteiger partial charge is 0.277 e. The van der Waals surface area contributed by atoms with Gasteiger partial charge < -0.3 is 0 Å². The minimum Gasteiger partial charge on any atom is -0.277 e. The number of rotatable bonds is 3. The Labute approximate surface area is 125 Å². The molecule has 102 valence electrons. The van der Waals surface area contributed by atoms with Crippen LogP contribution in [0.1, 0.15) is 5.56 Å². The van der Waals surface area contributed by atoms with Gasteiger partial charge in [-0.15, -0.1) is 0 Å². The predicted octanol–water partition coefficient (Wildman–Crippen LogP) is 3.06. The van der Waals surface area contributed by atoms with Crippen molar-refractivity contribution in [3.05, 3.63) is 52.3 Å². The Morgan fingerprint density at radius 3 is 2.65 bits per heavy atom. The molecule has 0 radical (unpaired) electrons. The SMILES string of the molecule is N#Cc1ccc(Cl)cc1S(=O)(=O)Nc1cnccc1Cl. The first kappa shape index (κ1) is 14.6. The summed E-state index contributed by atoms with van der Waals surface area (Å²) in [6.07, 6.45) is 2.71. The number of nitriles is 1. The molecular formula is C12H7Cl2N3O2S. The molecule has 2 rings (SSSR count). The van der Waals surface area contributed by atoms with Gasteiger partial charge in [0.2, 0.25) is 0 Å². The van der Waals surface area contributed by atoms with Crippen LogP contribution in [0, 0.1) is 11.3 Å². The van der Waals surface area contributed by atoms with Crippen LogP contribution < -0.4 is 4.72 Å². The number of benzene rings is 1. The van der Waals surface area contributed by atoms with E-state index in [1.54, 1.807) is 6.07 Å². The lowest BCUT2D eigenvalue weighted by Crippen LogP contribution is -2.15. The molecule has 20 heavy (non-hydrogen) atoms. The molecule has 0 aliphatic heterocycles. The van der Waals surface area contributed by atoms with Crippen LogP contribution in [0.3, 0.4) is 0 Å². The molecule has 0 spiro atoms. The second kappa shape index (κ2) is 5.67. The summed E-state index contributed by atoms with van der Waals surface area (Å²) in [7, 11) is -3.98. The van der Waals surface area contributed by atoms with Gasteiger partial charge in [-0.1, -0.05) is 23.2 Å². The first-order valence-corrected chi connectivity index (χ1v) is 7.50. The lowest BCUT2D eigenvalue weighted by atomic mass is 10.2. The zero-order valence-electron chi connectivity index (χ0n) is 9.84. The molecule has 0 aliphatic carbocycles. The highest BCUT2D eigenvalue weighted by Crippen LogP contribution is 2.26. The van der Waals surface area contributed by atoms with E-state index in [1.807, 2.05) is 0 Å². The molecule has 0 aliphatic rings. The topological polar surface area (TPSA) is 82.8 Å². The molecule has 8 heteroatoms. The van der Waals surface area contributed by atoms with Gasteiger partial charge in [-0.3, -0.25) is 9.71 Å². The monoisotopic (exact) mass is 327 g/mol. The lowest BCUT2D eigenvalue weighted by Gasteiger charge is -2.10. The first-order chi connectivity index (χ1) is 9.44. The van der Waals surface area contributed by atoms with Crippen molar-refractivity contribution in [2.45, 2.75) is 4.90 Å². The zero-order chi connectivity index (χ0) is 14.8. The molecule has 2 aromatic rings. The van der Waals surface area contributed by atoms with E-state index in [1.165, 1.54) is 36.7 Å². The highest BCUT2D eigenvalue weighted by atomic mass is 35.5. The van der Waals surface area contributed by atoms with Crippen LogP contribution >= 0.6 is 23.2 Å². The van der Waals surface area contributed by atoms with Gasteiger partial charge in [-0.2, -0.15) is 5.26 Å². The number of nitrogens with zero attached hydrogens (tertiary/aromatic N) is 2. The molecule has 1 aromatic carbocycles. The van der Waals surface area contributed by atoms with Crippen LogP contribution in [-0.2, 0) is 10.0 Å². The number of hydrogen-bond donors (Lipinski definition) is 1. The highest BCUT2D eigenvalue weighted by Gasteiger charge is 2.20. The van der Waals surface area contributed by atoms with E-state index < -0.39 is 10.0 Å². The number of pyridine rings is 1. The van der Waals surface area contributed by atoms with Crippen molar-refractivity contribution in [2.75, 3.05) is 4.72 Å². The van der Waals surface area contributed by atoms with Crippen molar-refractivity contribution in [1.82, 2.24) is 4.98 Å². The van der Waals surface area contributed by atoms with Gasteiger partial charge in [0.05, 0.1) is 22.5 Å². The fourth-order valence-electron chi connectivity index (χ4n) is 1.46. The number of hydrogen-bond acceptors (Lipinski definition) is 4. The Morgan fingerprint density at radius 2 is 2.00 bits per heavy atom. The van der Waals surface area contributed by atoms with Gasteiger partial charge in [0.15, 0.2) is 0 Å². The highest BCUT2D eigenvalue weighted by molar-refractivity contribution is 7.92. The van der Waals surface area contributed by atoms with E-state index in [0.717, 1.165) is 0 Å². The summed E-state index contributed by atoms with van der Waals surface area (Å²) in [5.41, 5.74) is 0.111. The normalized spacial score (nSPS) is 10.8. The molecule has 0 bridgehead atoms. The minimum atomic E-state index is -3.98. The average molecular weight is 328 g/mol. The molecule has 1 aromatic heterocycles. The molecule has 0 fully saturated rings. The van der Waals surface area contributed by atoms with E-state index in [0.29, 0.717) is 0 Å². The first-order valence-electron chi connectivity index (χ1n) is 5.26. The molecule has 1 heterocycles. The summed E-state index contributed by atoms with van der Waals surface area (Å²) in [6.45, 7) is 0. The molecule has 5 nitrogen and oxygen atoms in total. The maximum absolute atomic E-state index is 12.3. The summed E-state index contributed by atoms with van der Waals surface area (Å²) in [5.74, 6) is 0. The summed E-state index contributed by atoms with van der Waals surface area (Å²) < 4.78 is 26.8.